The number of ketones is 2. The molecule has 4 heteroatoms. The normalized spacial score (nSPS) is 12.7. The third-order valence-electron chi connectivity index (χ3n) is 6.92. The number of ether oxygens (including phenoxy) is 1. The number of fused-ring (bicyclic) bond motifs is 2. The quantitative estimate of drug-likeness (QED) is 0.276. The molecule has 0 saturated carbocycles. The van der Waals surface area contributed by atoms with Gasteiger partial charge in [0.2, 0.25) is 0 Å². The Hall–Kier alpha value is -4.18. The van der Waals surface area contributed by atoms with E-state index in [1.165, 1.54) is 11.1 Å². The first-order chi connectivity index (χ1) is 17.5. The number of carbonyl (C=O) groups is 2. The van der Waals surface area contributed by atoms with Gasteiger partial charge in [-0.25, -0.2) is 0 Å². The van der Waals surface area contributed by atoms with E-state index in [4.69, 9.17) is 4.74 Å². The summed E-state index contributed by atoms with van der Waals surface area (Å²) in [6, 6.07) is 22.7. The zero-order valence-corrected chi connectivity index (χ0v) is 22.2. The molecule has 0 radical (unpaired) electrons. The first-order valence-corrected chi connectivity index (χ1v) is 12.5. The topological polar surface area (TPSA) is 55.4 Å². The van der Waals surface area contributed by atoms with Gasteiger partial charge in [-0.15, -0.1) is 0 Å². The summed E-state index contributed by atoms with van der Waals surface area (Å²) in [7, 11) is 0. The Labute approximate surface area is 218 Å². The fourth-order valence-corrected chi connectivity index (χ4v) is 5.04. The minimum Gasteiger partial charge on any atom is -0.457 e. The molecule has 186 valence electrons. The van der Waals surface area contributed by atoms with Crippen LogP contribution >= 0.6 is 0 Å². The smallest absolute Gasteiger partial charge is 0.198 e. The van der Waals surface area contributed by atoms with Crippen LogP contribution in [0.4, 0.5) is 11.4 Å². The lowest BCUT2D eigenvalue weighted by atomic mass is 9.82. The molecular formula is C33H31NO3. The standard InChI is InChI=1S/C33H31NO3/c1-19-17-20(2)30(21(3)18-19)34-26-15-16-27(37-23-13-11-22(12-14-23)33(4,5)6)29-28(26)31(35)24-9-7-8-10-25(24)32(29)36/h7-18,34H,1-6H3. The monoisotopic (exact) mass is 489 g/mol. The molecule has 1 aliphatic rings. The van der Waals surface area contributed by atoms with Crippen molar-refractivity contribution in [2.24, 2.45) is 0 Å². The Bertz CT molecular complexity index is 1530. The maximum Gasteiger partial charge on any atom is 0.198 e. The van der Waals surface area contributed by atoms with Gasteiger partial charge in [0.25, 0.3) is 0 Å². The van der Waals surface area contributed by atoms with E-state index in [1.807, 2.05) is 44.2 Å². The minimum atomic E-state index is -0.215. The second-order valence-corrected chi connectivity index (χ2v) is 10.8. The van der Waals surface area contributed by atoms with Gasteiger partial charge in [-0.2, -0.15) is 0 Å². The van der Waals surface area contributed by atoms with E-state index >= 15 is 0 Å². The molecule has 0 amide bonds. The van der Waals surface area contributed by atoms with Crippen molar-refractivity contribution in [3.05, 3.63) is 117 Å². The van der Waals surface area contributed by atoms with Gasteiger partial charge in [0, 0.05) is 16.8 Å². The van der Waals surface area contributed by atoms with E-state index in [-0.39, 0.29) is 22.5 Å². The lowest BCUT2D eigenvalue weighted by molar-refractivity contribution is 0.0977. The van der Waals surface area contributed by atoms with Crippen molar-refractivity contribution >= 4 is 22.9 Å². The van der Waals surface area contributed by atoms with Crippen LogP contribution in [0, 0.1) is 20.8 Å². The molecule has 0 unspecified atom stereocenters. The van der Waals surface area contributed by atoms with Crippen molar-refractivity contribution in [3.63, 3.8) is 0 Å². The summed E-state index contributed by atoms with van der Waals surface area (Å²) >= 11 is 0. The summed E-state index contributed by atoms with van der Waals surface area (Å²) in [5, 5.41) is 3.46. The van der Waals surface area contributed by atoms with Crippen LogP contribution in [0.15, 0.2) is 72.8 Å². The summed E-state index contributed by atoms with van der Waals surface area (Å²) in [5.74, 6) is 0.575. The molecule has 0 heterocycles. The number of anilines is 2. The molecule has 4 aromatic rings. The predicted octanol–water partition coefficient (Wildman–Crippen LogP) is 8.22. The molecule has 1 aliphatic carbocycles. The van der Waals surface area contributed by atoms with Crippen LogP contribution < -0.4 is 10.1 Å². The van der Waals surface area contributed by atoms with Crippen LogP contribution in [0.2, 0.25) is 0 Å². The second kappa shape index (κ2) is 9.04. The molecule has 0 spiro atoms. The number of benzene rings is 4. The Kier molecular flexibility index (Phi) is 5.99. The first-order valence-electron chi connectivity index (χ1n) is 12.5. The van der Waals surface area contributed by atoms with Crippen LogP contribution in [-0.2, 0) is 5.41 Å². The number of hydrogen-bond donors (Lipinski definition) is 1. The van der Waals surface area contributed by atoms with E-state index in [1.54, 1.807) is 30.3 Å². The van der Waals surface area contributed by atoms with Crippen molar-refractivity contribution in [1.29, 1.82) is 0 Å². The molecule has 0 aliphatic heterocycles. The fourth-order valence-electron chi connectivity index (χ4n) is 5.04. The zero-order chi connectivity index (χ0) is 26.5. The summed E-state index contributed by atoms with van der Waals surface area (Å²) < 4.78 is 6.25. The highest BCUT2D eigenvalue weighted by atomic mass is 16.5. The molecule has 0 bridgehead atoms. The number of hydrogen-bond acceptors (Lipinski definition) is 4. The van der Waals surface area contributed by atoms with Crippen LogP contribution in [-0.4, -0.2) is 11.6 Å². The third-order valence-corrected chi connectivity index (χ3v) is 6.92. The van der Waals surface area contributed by atoms with Crippen LogP contribution in [0.1, 0.15) is 74.9 Å². The average molecular weight is 490 g/mol. The van der Waals surface area contributed by atoms with Gasteiger partial charge in [-0.3, -0.25) is 9.59 Å². The van der Waals surface area contributed by atoms with Gasteiger partial charge in [0.05, 0.1) is 16.8 Å². The van der Waals surface area contributed by atoms with Crippen LogP contribution in [0.5, 0.6) is 11.5 Å². The third kappa shape index (κ3) is 4.44. The highest BCUT2D eigenvalue weighted by Crippen LogP contribution is 2.41. The van der Waals surface area contributed by atoms with Crippen molar-refractivity contribution in [2.45, 2.75) is 47.0 Å². The zero-order valence-electron chi connectivity index (χ0n) is 22.2. The first kappa shape index (κ1) is 24.5. The molecular weight excluding hydrogens is 458 g/mol. The summed E-state index contributed by atoms with van der Waals surface area (Å²) in [6.07, 6.45) is 0. The highest BCUT2D eigenvalue weighted by molar-refractivity contribution is 6.31. The molecule has 0 aromatic heterocycles. The van der Waals surface area contributed by atoms with Crippen molar-refractivity contribution in [2.75, 3.05) is 5.32 Å². The van der Waals surface area contributed by atoms with E-state index in [0.717, 1.165) is 16.8 Å². The van der Waals surface area contributed by atoms with Gasteiger partial charge in [-0.05, 0) is 67.1 Å². The van der Waals surface area contributed by atoms with Gasteiger partial charge in [-0.1, -0.05) is 74.9 Å². The van der Waals surface area contributed by atoms with Crippen molar-refractivity contribution < 1.29 is 14.3 Å². The summed E-state index contributed by atoms with van der Waals surface area (Å²) in [5.41, 5.74) is 7.47. The average Bonchev–Trinajstić information content (AvgIpc) is 2.85. The number of nitrogens with one attached hydrogen (secondary N) is 1. The molecule has 1 N–H and O–H groups in total. The molecule has 4 nitrogen and oxygen atoms in total. The number of rotatable bonds is 4. The second-order valence-electron chi connectivity index (χ2n) is 10.8. The predicted molar refractivity (Wildman–Crippen MR) is 149 cm³/mol. The van der Waals surface area contributed by atoms with E-state index < -0.39 is 0 Å². The minimum absolute atomic E-state index is 0.0172. The largest absolute Gasteiger partial charge is 0.457 e. The van der Waals surface area contributed by atoms with Crippen LogP contribution in [0.25, 0.3) is 0 Å². The Morgan fingerprint density at radius 1 is 0.703 bits per heavy atom. The summed E-state index contributed by atoms with van der Waals surface area (Å²) in [6.45, 7) is 12.6. The van der Waals surface area contributed by atoms with Gasteiger partial charge < -0.3 is 10.1 Å². The Morgan fingerprint density at radius 2 is 1.27 bits per heavy atom. The van der Waals surface area contributed by atoms with Crippen LogP contribution in [0.3, 0.4) is 0 Å². The molecule has 0 saturated heterocycles. The van der Waals surface area contributed by atoms with Gasteiger partial charge >= 0.3 is 0 Å². The SMILES string of the molecule is Cc1cc(C)c(Nc2ccc(Oc3ccc(C(C)(C)C)cc3)c3c2C(=O)c2ccccc2C3=O)c(C)c1. The lowest BCUT2D eigenvalue weighted by Crippen LogP contribution is -2.23. The molecule has 37 heavy (non-hydrogen) atoms. The Balaban J connectivity index is 1.64. The molecule has 5 rings (SSSR count). The maximum absolute atomic E-state index is 13.8. The van der Waals surface area contributed by atoms with Crippen molar-refractivity contribution in [1.82, 2.24) is 0 Å². The number of carbonyl (C=O) groups excluding carboxylic acids is 2. The van der Waals surface area contributed by atoms with Gasteiger partial charge in [0.1, 0.15) is 11.5 Å². The van der Waals surface area contributed by atoms with Crippen molar-refractivity contribution in [3.8, 4) is 11.5 Å². The lowest BCUT2D eigenvalue weighted by Gasteiger charge is -2.24. The number of aryl methyl sites for hydroxylation is 3. The molecule has 0 atom stereocenters. The molecule has 0 fully saturated rings. The van der Waals surface area contributed by atoms with E-state index in [9.17, 15) is 9.59 Å². The van der Waals surface area contributed by atoms with E-state index in [2.05, 4.69) is 45.1 Å². The molecule has 4 aromatic carbocycles. The summed E-state index contributed by atoms with van der Waals surface area (Å²) in [4.78, 5) is 27.6. The fraction of sp³-hybridized carbons (Fsp3) is 0.212. The Morgan fingerprint density at radius 3 is 1.84 bits per heavy atom. The van der Waals surface area contributed by atoms with E-state index in [0.29, 0.717) is 33.9 Å². The maximum atomic E-state index is 13.8. The highest BCUT2D eigenvalue weighted by Gasteiger charge is 2.35. The van der Waals surface area contributed by atoms with Gasteiger partial charge in [0.15, 0.2) is 11.6 Å².